The molecule has 0 bridgehead atoms. The fourth-order valence-electron chi connectivity index (χ4n) is 1.38. The van der Waals surface area contributed by atoms with Crippen molar-refractivity contribution in [3.63, 3.8) is 0 Å². The number of nitrogens with two attached hydrogens (primary N) is 2. The lowest BCUT2D eigenvalue weighted by atomic mass is 10.1. The zero-order chi connectivity index (χ0) is 12.2. The van der Waals surface area contributed by atoms with E-state index in [1.54, 1.807) is 0 Å². The molecule has 0 aromatic rings. The summed E-state index contributed by atoms with van der Waals surface area (Å²) in [5.41, 5.74) is 10.0. The lowest BCUT2D eigenvalue weighted by molar-refractivity contribution is -0.143. The van der Waals surface area contributed by atoms with Crippen molar-refractivity contribution >= 4 is 11.9 Å². The average molecular weight is 229 g/mol. The number of oxime groups is 1. The van der Waals surface area contributed by atoms with Crippen LogP contribution in [0.25, 0.3) is 0 Å². The number of rotatable bonds is 9. The summed E-state index contributed by atoms with van der Waals surface area (Å²) in [6.45, 7) is 2.19. The second kappa shape index (κ2) is 10.3. The number of hydrogen-bond donors (Lipinski definition) is 2. The van der Waals surface area contributed by atoms with E-state index in [4.69, 9.17) is 11.5 Å². The van der Waals surface area contributed by atoms with Crippen molar-refractivity contribution in [1.82, 2.24) is 0 Å². The Morgan fingerprint density at radius 2 is 1.62 bits per heavy atom. The third-order valence-electron chi connectivity index (χ3n) is 2.24. The summed E-state index contributed by atoms with van der Waals surface area (Å²) in [4.78, 5) is 15.5. The van der Waals surface area contributed by atoms with Gasteiger partial charge in [-0.25, -0.2) is 4.79 Å². The minimum atomic E-state index is -0.373. The fourth-order valence-corrected chi connectivity index (χ4v) is 1.38. The molecule has 0 radical (unpaired) electrons. The summed E-state index contributed by atoms with van der Waals surface area (Å²) in [6.07, 6.45) is 8.54. The molecule has 0 aliphatic rings. The third kappa shape index (κ3) is 10.8. The highest BCUT2D eigenvalue weighted by Gasteiger charge is 2.02. The molecule has 94 valence electrons. The van der Waals surface area contributed by atoms with Crippen LogP contribution in [0, 0.1) is 0 Å². The van der Waals surface area contributed by atoms with Gasteiger partial charge in [0.05, 0.1) is 0 Å². The standard InChI is InChI=1S/C11H23N3O2/c1-2-3-4-5-6-7-8-9-10(15)16-14-11(12)13/h2-9H2,1H3,(H4,12,13,14). The number of carbonyl (C=O) groups excluding carboxylic acids is 1. The van der Waals surface area contributed by atoms with Crippen molar-refractivity contribution in [3.8, 4) is 0 Å². The lowest BCUT2D eigenvalue weighted by Gasteiger charge is -2.00. The highest BCUT2D eigenvalue weighted by atomic mass is 16.7. The van der Waals surface area contributed by atoms with Gasteiger partial charge in [0.15, 0.2) is 0 Å². The van der Waals surface area contributed by atoms with Gasteiger partial charge in [-0.3, -0.25) is 0 Å². The quantitative estimate of drug-likeness (QED) is 0.207. The molecule has 0 fully saturated rings. The van der Waals surface area contributed by atoms with Crippen LogP contribution in [-0.2, 0) is 9.63 Å². The molecular weight excluding hydrogens is 206 g/mol. The van der Waals surface area contributed by atoms with E-state index in [0.717, 1.165) is 12.8 Å². The maximum Gasteiger partial charge on any atom is 0.335 e. The first kappa shape index (κ1) is 14.7. The molecule has 5 nitrogen and oxygen atoms in total. The van der Waals surface area contributed by atoms with Crippen molar-refractivity contribution in [3.05, 3.63) is 0 Å². The normalized spacial score (nSPS) is 9.81. The van der Waals surface area contributed by atoms with Gasteiger partial charge in [-0.05, 0) is 11.6 Å². The number of hydrogen-bond acceptors (Lipinski definition) is 3. The molecule has 0 aromatic carbocycles. The molecule has 0 atom stereocenters. The van der Waals surface area contributed by atoms with Gasteiger partial charge in [-0.15, -0.1) is 0 Å². The van der Waals surface area contributed by atoms with Gasteiger partial charge >= 0.3 is 5.97 Å². The van der Waals surface area contributed by atoms with Gasteiger partial charge in [0.1, 0.15) is 0 Å². The maximum atomic E-state index is 11.0. The highest BCUT2D eigenvalue weighted by molar-refractivity contribution is 5.77. The van der Waals surface area contributed by atoms with E-state index < -0.39 is 0 Å². The molecule has 0 amide bonds. The Kier molecular flexibility index (Phi) is 9.46. The van der Waals surface area contributed by atoms with E-state index in [0.29, 0.717) is 6.42 Å². The van der Waals surface area contributed by atoms with Gasteiger partial charge in [-0.1, -0.05) is 45.4 Å². The van der Waals surface area contributed by atoms with Crippen LogP contribution < -0.4 is 11.5 Å². The summed E-state index contributed by atoms with van der Waals surface area (Å²) in [5, 5.41) is 3.19. The van der Waals surface area contributed by atoms with Gasteiger partial charge in [0.2, 0.25) is 5.96 Å². The molecule has 0 aromatic heterocycles. The Hall–Kier alpha value is -1.26. The van der Waals surface area contributed by atoms with E-state index in [1.165, 1.54) is 32.1 Å². The molecule has 0 aliphatic carbocycles. The summed E-state index contributed by atoms with van der Waals surface area (Å²) in [7, 11) is 0. The first-order valence-corrected chi connectivity index (χ1v) is 5.95. The minimum Gasteiger partial charge on any atom is -0.367 e. The van der Waals surface area contributed by atoms with Crippen molar-refractivity contribution in [2.24, 2.45) is 16.6 Å². The molecule has 0 aliphatic heterocycles. The van der Waals surface area contributed by atoms with Crippen LogP contribution in [0.2, 0.25) is 0 Å². The predicted octanol–water partition coefficient (Wildman–Crippen LogP) is 1.86. The van der Waals surface area contributed by atoms with Crippen LogP contribution in [0.5, 0.6) is 0 Å². The second-order valence-electron chi connectivity index (χ2n) is 3.85. The Balaban J connectivity index is 3.25. The van der Waals surface area contributed by atoms with E-state index in [-0.39, 0.29) is 11.9 Å². The molecule has 0 unspecified atom stereocenters. The number of unbranched alkanes of at least 4 members (excludes halogenated alkanes) is 6. The zero-order valence-corrected chi connectivity index (χ0v) is 10.1. The summed E-state index contributed by atoms with van der Waals surface area (Å²) >= 11 is 0. The Morgan fingerprint density at radius 3 is 2.19 bits per heavy atom. The monoisotopic (exact) mass is 229 g/mol. The molecule has 0 saturated heterocycles. The number of guanidine groups is 1. The van der Waals surface area contributed by atoms with Crippen LogP contribution in [-0.4, -0.2) is 11.9 Å². The Morgan fingerprint density at radius 1 is 1.06 bits per heavy atom. The molecule has 0 heterocycles. The van der Waals surface area contributed by atoms with Crippen LogP contribution in [0.15, 0.2) is 5.16 Å². The van der Waals surface area contributed by atoms with Gasteiger partial charge in [-0.2, -0.15) is 0 Å². The Bertz CT molecular complexity index is 213. The van der Waals surface area contributed by atoms with E-state index in [1.807, 2.05) is 0 Å². The topological polar surface area (TPSA) is 90.7 Å². The van der Waals surface area contributed by atoms with Gasteiger partial charge in [0.25, 0.3) is 0 Å². The molecule has 5 heteroatoms. The zero-order valence-electron chi connectivity index (χ0n) is 10.1. The Labute approximate surface area is 97.2 Å². The smallest absolute Gasteiger partial charge is 0.335 e. The van der Waals surface area contributed by atoms with Gasteiger partial charge < -0.3 is 16.3 Å². The van der Waals surface area contributed by atoms with Crippen molar-refractivity contribution in [1.29, 1.82) is 0 Å². The highest BCUT2D eigenvalue weighted by Crippen LogP contribution is 2.08. The predicted molar refractivity (Wildman–Crippen MR) is 64.5 cm³/mol. The molecule has 4 N–H and O–H groups in total. The molecule has 0 rings (SSSR count). The largest absolute Gasteiger partial charge is 0.367 e. The van der Waals surface area contributed by atoms with Crippen LogP contribution in [0.3, 0.4) is 0 Å². The van der Waals surface area contributed by atoms with Gasteiger partial charge in [0, 0.05) is 6.42 Å². The van der Waals surface area contributed by atoms with E-state index in [9.17, 15) is 4.79 Å². The maximum absolute atomic E-state index is 11.0. The minimum absolute atomic E-state index is 0.229. The van der Waals surface area contributed by atoms with Crippen molar-refractivity contribution in [2.45, 2.75) is 58.3 Å². The summed E-state index contributed by atoms with van der Waals surface area (Å²) in [6, 6.07) is 0. The first-order valence-electron chi connectivity index (χ1n) is 5.95. The van der Waals surface area contributed by atoms with E-state index >= 15 is 0 Å². The second-order valence-corrected chi connectivity index (χ2v) is 3.85. The number of nitrogens with zero attached hydrogens (tertiary/aromatic N) is 1. The lowest BCUT2D eigenvalue weighted by Crippen LogP contribution is -2.23. The molecule has 0 saturated carbocycles. The van der Waals surface area contributed by atoms with Crippen LogP contribution >= 0.6 is 0 Å². The fraction of sp³-hybridized carbons (Fsp3) is 0.818. The summed E-state index contributed by atoms with van der Waals surface area (Å²) in [5.74, 6) is -0.602. The van der Waals surface area contributed by atoms with Crippen LogP contribution in [0.1, 0.15) is 58.3 Å². The first-order chi connectivity index (χ1) is 7.66. The van der Waals surface area contributed by atoms with Crippen molar-refractivity contribution < 1.29 is 9.63 Å². The van der Waals surface area contributed by atoms with Crippen LogP contribution in [0.4, 0.5) is 0 Å². The third-order valence-corrected chi connectivity index (χ3v) is 2.24. The van der Waals surface area contributed by atoms with E-state index in [2.05, 4.69) is 16.9 Å². The summed E-state index contributed by atoms with van der Waals surface area (Å²) < 4.78 is 0. The SMILES string of the molecule is CCCCCCCCCC(=O)ON=C(N)N. The van der Waals surface area contributed by atoms with Crippen molar-refractivity contribution in [2.75, 3.05) is 0 Å². The number of carbonyl (C=O) groups is 1. The molecule has 16 heavy (non-hydrogen) atoms. The average Bonchev–Trinajstić information content (AvgIpc) is 2.25. The molecule has 0 spiro atoms. The molecular formula is C11H23N3O2.